The van der Waals surface area contributed by atoms with E-state index in [1.165, 1.54) is 5.56 Å². The third kappa shape index (κ3) is 4.32. The summed E-state index contributed by atoms with van der Waals surface area (Å²) in [4.78, 5) is 14.5. The lowest BCUT2D eigenvalue weighted by molar-refractivity contribution is 0.236. The summed E-state index contributed by atoms with van der Waals surface area (Å²) in [6.07, 6.45) is 1.66. The van der Waals surface area contributed by atoms with Crippen molar-refractivity contribution in [3.8, 4) is 0 Å². The van der Waals surface area contributed by atoms with Crippen LogP contribution in [0.25, 0.3) is 0 Å². The third-order valence-electron chi connectivity index (χ3n) is 4.64. The van der Waals surface area contributed by atoms with Crippen molar-refractivity contribution >= 4 is 29.2 Å². The number of nitrogens with zero attached hydrogens (tertiary/aromatic N) is 1. The minimum atomic E-state index is -0.173. The maximum Gasteiger partial charge on any atom is 0.315 e. The molecule has 0 radical (unpaired) electrons. The van der Waals surface area contributed by atoms with Crippen LogP contribution in [0, 0.1) is 0 Å². The van der Waals surface area contributed by atoms with Gasteiger partial charge in [0, 0.05) is 13.1 Å². The van der Waals surface area contributed by atoms with Crippen molar-refractivity contribution < 1.29 is 4.79 Å². The lowest BCUT2D eigenvalue weighted by Crippen LogP contribution is -2.37. The van der Waals surface area contributed by atoms with Crippen molar-refractivity contribution in [1.29, 1.82) is 0 Å². The van der Waals surface area contributed by atoms with Crippen LogP contribution >= 0.6 is 23.2 Å². The Kier molecular flexibility index (Phi) is 6.07. The number of carbonyl (C=O) groups is 1. The second-order valence-electron chi connectivity index (χ2n) is 6.85. The van der Waals surface area contributed by atoms with Gasteiger partial charge in [-0.3, -0.25) is 0 Å². The van der Waals surface area contributed by atoms with E-state index >= 15 is 0 Å². The van der Waals surface area contributed by atoms with E-state index in [0.717, 1.165) is 36.1 Å². The first-order valence-electron chi connectivity index (χ1n) is 8.68. The molecule has 0 aromatic heterocycles. The monoisotopic (exact) mass is 391 g/mol. The molecule has 1 aliphatic rings. The van der Waals surface area contributed by atoms with Crippen LogP contribution in [0.3, 0.4) is 0 Å². The standard InChI is InChI=1S/C20H23Cl2N3O/c1-25(2)12-14-6-4-3-5-13(14)11-23-20(26)24-18-10-8-16-15(18)7-9-17(21)19(16)22/h3-7,9,18H,8,10-12H2,1-2H3,(H2,23,24,26). The molecular formula is C20H23Cl2N3O. The molecule has 0 fully saturated rings. The molecule has 2 amide bonds. The first-order valence-corrected chi connectivity index (χ1v) is 9.44. The van der Waals surface area contributed by atoms with Crippen LogP contribution in [0.1, 0.15) is 34.7 Å². The Labute approximate surface area is 164 Å². The van der Waals surface area contributed by atoms with Gasteiger partial charge < -0.3 is 15.5 Å². The summed E-state index contributed by atoms with van der Waals surface area (Å²) in [7, 11) is 4.07. The molecule has 2 aromatic rings. The molecule has 2 aromatic carbocycles. The van der Waals surface area contributed by atoms with Crippen LogP contribution in [-0.2, 0) is 19.5 Å². The topological polar surface area (TPSA) is 44.4 Å². The molecule has 1 unspecified atom stereocenters. The molecule has 0 bridgehead atoms. The van der Waals surface area contributed by atoms with Crippen molar-refractivity contribution in [3.05, 3.63) is 68.7 Å². The second kappa shape index (κ2) is 8.30. The van der Waals surface area contributed by atoms with Crippen LogP contribution in [0.4, 0.5) is 4.79 Å². The van der Waals surface area contributed by atoms with Crippen molar-refractivity contribution in [2.24, 2.45) is 0 Å². The number of nitrogens with one attached hydrogen (secondary N) is 2. The molecule has 0 heterocycles. The van der Waals surface area contributed by atoms with E-state index in [2.05, 4.69) is 21.6 Å². The molecule has 4 nitrogen and oxygen atoms in total. The fourth-order valence-corrected chi connectivity index (χ4v) is 3.84. The molecule has 1 atom stereocenters. The number of benzene rings is 2. The highest BCUT2D eigenvalue weighted by molar-refractivity contribution is 6.42. The highest BCUT2D eigenvalue weighted by Gasteiger charge is 2.26. The molecule has 0 aliphatic heterocycles. The fraction of sp³-hybridized carbons (Fsp3) is 0.350. The highest BCUT2D eigenvalue weighted by atomic mass is 35.5. The summed E-state index contributed by atoms with van der Waals surface area (Å²) >= 11 is 12.4. The van der Waals surface area contributed by atoms with E-state index < -0.39 is 0 Å². The smallest absolute Gasteiger partial charge is 0.315 e. The Balaban J connectivity index is 1.61. The van der Waals surface area contributed by atoms with Gasteiger partial charge in [0.2, 0.25) is 0 Å². The minimum Gasteiger partial charge on any atom is -0.334 e. The van der Waals surface area contributed by atoms with E-state index in [4.69, 9.17) is 23.2 Å². The number of halogens is 2. The SMILES string of the molecule is CN(C)Cc1ccccc1CNC(=O)NC1CCc2c1ccc(Cl)c2Cl. The zero-order valence-electron chi connectivity index (χ0n) is 15.0. The predicted molar refractivity (Wildman–Crippen MR) is 107 cm³/mol. The molecule has 26 heavy (non-hydrogen) atoms. The Morgan fingerprint density at radius 1 is 1.15 bits per heavy atom. The van der Waals surface area contributed by atoms with Crippen LogP contribution in [-0.4, -0.2) is 25.0 Å². The van der Waals surface area contributed by atoms with Gasteiger partial charge in [0.25, 0.3) is 0 Å². The maximum atomic E-state index is 12.4. The zero-order chi connectivity index (χ0) is 18.7. The molecular weight excluding hydrogens is 369 g/mol. The van der Waals surface area contributed by atoms with Crippen molar-refractivity contribution in [3.63, 3.8) is 0 Å². The summed E-state index contributed by atoms with van der Waals surface area (Å²) in [6.45, 7) is 1.34. The van der Waals surface area contributed by atoms with Gasteiger partial charge in [-0.1, -0.05) is 53.5 Å². The number of rotatable bonds is 5. The summed E-state index contributed by atoms with van der Waals surface area (Å²) < 4.78 is 0. The first kappa shape index (κ1) is 19.0. The van der Waals surface area contributed by atoms with E-state index in [1.54, 1.807) is 6.07 Å². The largest absolute Gasteiger partial charge is 0.334 e. The highest BCUT2D eigenvalue weighted by Crippen LogP contribution is 2.38. The minimum absolute atomic E-state index is 0.0308. The van der Waals surface area contributed by atoms with Gasteiger partial charge in [-0.05, 0) is 55.3 Å². The van der Waals surface area contributed by atoms with Crippen molar-refractivity contribution in [2.45, 2.75) is 32.0 Å². The average Bonchev–Trinajstić information content (AvgIpc) is 3.00. The maximum absolute atomic E-state index is 12.4. The molecule has 138 valence electrons. The van der Waals surface area contributed by atoms with Crippen molar-refractivity contribution in [1.82, 2.24) is 15.5 Å². The molecule has 1 aliphatic carbocycles. The number of hydrogen-bond acceptors (Lipinski definition) is 2. The van der Waals surface area contributed by atoms with Gasteiger partial charge >= 0.3 is 6.03 Å². The summed E-state index contributed by atoms with van der Waals surface area (Å²) in [6, 6.07) is 11.7. The summed E-state index contributed by atoms with van der Waals surface area (Å²) in [5.41, 5.74) is 4.44. The quantitative estimate of drug-likeness (QED) is 0.785. The normalized spacial score (nSPS) is 15.8. The zero-order valence-corrected chi connectivity index (χ0v) is 16.5. The molecule has 0 saturated heterocycles. The molecule has 6 heteroatoms. The van der Waals surface area contributed by atoms with Gasteiger partial charge in [0.15, 0.2) is 0 Å². The van der Waals surface area contributed by atoms with Gasteiger partial charge in [-0.2, -0.15) is 0 Å². The molecule has 3 rings (SSSR count). The molecule has 0 saturated carbocycles. The summed E-state index contributed by atoms with van der Waals surface area (Å²) in [5.74, 6) is 0. The first-order chi connectivity index (χ1) is 12.5. The lowest BCUT2D eigenvalue weighted by atomic mass is 10.1. The van der Waals surface area contributed by atoms with E-state index in [-0.39, 0.29) is 12.1 Å². The lowest BCUT2D eigenvalue weighted by Gasteiger charge is -2.17. The van der Waals surface area contributed by atoms with Crippen LogP contribution in [0.2, 0.25) is 10.0 Å². The number of carbonyl (C=O) groups excluding carboxylic acids is 1. The van der Waals surface area contributed by atoms with Gasteiger partial charge in [0.1, 0.15) is 0 Å². The Morgan fingerprint density at radius 2 is 1.88 bits per heavy atom. The van der Waals surface area contributed by atoms with E-state index in [1.807, 2.05) is 38.4 Å². The van der Waals surface area contributed by atoms with E-state index in [0.29, 0.717) is 16.6 Å². The number of hydrogen-bond donors (Lipinski definition) is 2. The van der Waals surface area contributed by atoms with Gasteiger partial charge in [-0.25, -0.2) is 4.79 Å². The third-order valence-corrected chi connectivity index (χ3v) is 5.48. The summed E-state index contributed by atoms with van der Waals surface area (Å²) in [5, 5.41) is 7.18. The Morgan fingerprint density at radius 3 is 2.62 bits per heavy atom. The predicted octanol–water partition coefficient (Wildman–Crippen LogP) is 4.54. The molecule has 2 N–H and O–H groups in total. The van der Waals surface area contributed by atoms with Crippen LogP contribution < -0.4 is 10.6 Å². The van der Waals surface area contributed by atoms with Crippen molar-refractivity contribution in [2.75, 3.05) is 14.1 Å². The number of amides is 2. The second-order valence-corrected chi connectivity index (χ2v) is 7.64. The van der Waals surface area contributed by atoms with Crippen LogP contribution in [0.15, 0.2) is 36.4 Å². The van der Waals surface area contributed by atoms with Gasteiger partial charge in [0.05, 0.1) is 16.1 Å². The molecule has 0 spiro atoms. The van der Waals surface area contributed by atoms with Gasteiger partial charge in [-0.15, -0.1) is 0 Å². The fourth-order valence-electron chi connectivity index (χ4n) is 3.39. The average molecular weight is 392 g/mol. The number of fused-ring (bicyclic) bond motifs is 1. The number of urea groups is 1. The Hall–Kier alpha value is -1.75. The van der Waals surface area contributed by atoms with Crippen LogP contribution in [0.5, 0.6) is 0 Å². The van der Waals surface area contributed by atoms with E-state index in [9.17, 15) is 4.79 Å². The Bertz CT molecular complexity index is 808.